The van der Waals surface area contributed by atoms with Crippen molar-refractivity contribution >= 4 is 25.9 Å². The zero-order valence-electron chi connectivity index (χ0n) is 10.1. The second kappa shape index (κ2) is 6.35. The van der Waals surface area contributed by atoms with E-state index in [1.54, 1.807) is 0 Å². The van der Waals surface area contributed by atoms with E-state index in [-0.39, 0.29) is 24.4 Å². The number of rotatable bonds is 2. The van der Waals surface area contributed by atoms with Gasteiger partial charge in [0.25, 0.3) is 0 Å². The van der Waals surface area contributed by atoms with Crippen molar-refractivity contribution in [3.05, 3.63) is 0 Å². The molecule has 2 rings (SSSR count). The first kappa shape index (κ1) is 15.9. The first-order valence-electron chi connectivity index (χ1n) is 6.09. The SMILES string of the molecule is Cl.O=C([C@@H]1CCCCN1)N1CCC[C@H]1P(=O)(O)O. The number of nitrogens with one attached hydrogen (secondary N) is 1. The van der Waals surface area contributed by atoms with Crippen LogP contribution in [0.2, 0.25) is 0 Å². The Morgan fingerprint density at radius 2 is 1.94 bits per heavy atom. The quantitative estimate of drug-likeness (QED) is 0.652. The third-order valence-corrected chi connectivity index (χ3v) is 4.81. The van der Waals surface area contributed by atoms with Gasteiger partial charge in [-0.15, -0.1) is 12.4 Å². The van der Waals surface area contributed by atoms with Crippen LogP contribution in [0.25, 0.3) is 0 Å². The number of hydrogen-bond acceptors (Lipinski definition) is 3. The third kappa shape index (κ3) is 3.45. The predicted molar refractivity (Wildman–Crippen MR) is 69.7 cm³/mol. The maximum Gasteiger partial charge on any atom is 0.347 e. The predicted octanol–water partition coefficient (Wildman–Crippen LogP) is 0.676. The van der Waals surface area contributed by atoms with Crippen molar-refractivity contribution in [3.8, 4) is 0 Å². The van der Waals surface area contributed by atoms with E-state index in [0.29, 0.717) is 19.4 Å². The lowest BCUT2D eigenvalue weighted by Crippen LogP contribution is -2.49. The summed E-state index contributed by atoms with van der Waals surface area (Å²) in [5, 5.41) is 3.12. The normalized spacial score (nSPS) is 28.9. The molecule has 106 valence electrons. The van der Waals surface area contributed by atoms with Crippen molar-refractivity contribution in [2.24, 2.45) is 0 Å². The van der Waals surface area contributed by atoms with E-state index in [1.165, 1.54) is 4.90 Å². The van der Waals surface area contributed by atoms with Gasteiger partial charge in [0.05, 0.1) is 6.04 Å². The molecule has 0 unspecified atom stereocenters. The fourth-order valence-corrected chi connectivity index (χ4v) is 3.73. The van der Waals surface area contributed by atoms with Gasteiger partial charge in [-0.05, 0) is 32.2 Å². The van der Waals surface area contributed by atoms with E-state index in [0.717, 1.165) is 25.8 Å². The number of carbonyl (C=O) groups excluding carboxylic acids is 1. The Morgan fingerprint density at radius 1 is 1.22 bits per heavy atom. The van der Waals surface area contributed by atoms with Crippen molar-refractivity contribution in [3.63, 3.8) is 0 Å². The molecule has 0 bridgehead atoms. The Balaban J connectivity index is 0.00000162. The summed E-state index contributed by atoms with van der Waals surface area (Å²) >= 11 is 0. The van der Waals surface area contributed by atoms with Crippen LogP contribution in [0.4, 0.5) is 0 Å². The molecule has 2 fully saturated rings. The summed E-state index contributed by atoms with van der Waals surface area (Å²) in [5.41, 5.74) is 0. The molecule has 6 nitrogen and oxygen atoms in total. The molecule has 18 heavy (non-hydrogen) atoms. The zero-order chi connectivity index (χ0) is 12.5. The number of hydrogen-bond donors (Lipinski definition) is 3. The summed E-state index contributed by atoms with van der Waals surface area (Å²) in [7, 11) is -4.20. The third-order valence-electron chi connectivity index (χ3n) is 3.50. The van der Waals surface area contributed by atoms with Gasteiger partial charge in [-0.2, -0.15) is 0 Å². The van der Waals surface area contributed by atoms with Gasteiger partial charge in [0, 0.05) is 6.54 Å². The maximum absolute atomic E-state index is 12.2. The van der Waals surface area contributed by atoms with Crippen LogP contribution in [0.5, 0.6) is 0 Å². The molecule has 2 saturated heterocycles. The Hall–Kier alpha value is -0.130. The van der Waals surface area contributed by atoms with Crippen LogP contribution in [-0.4, -0.2) is 45.5 Å². The number of piperidine rings is 1. The minimum Gasteiger partial charge on any atom is -0.327 e. The molecule has 0 aromatic rings. The Bertz CT molecular complexity index is 343. The number of carbonyl (C=O) groups is 1. The van der Waals surface area contributed by atoms with Crippen LogP contribution >= 0.6 is 20.0 Å². The van der Waals surface area contributed by atoms with Crippen LogP contribution in [0.1, 0.15) is 32.1 Å². The monoisotopic (exact) mass is 298 g/mol. The first-order valence-corrected chi connectivity index (χ1v) is 7.77. The minimum atomic E-state index is -4.20. The van der Waals surface area contributed by atoms with Crippen LogP contribution in [0.3, 0.4) is 0 Å². The van der Waals surface area contributed by atoms with E-state index in [2.05, 4.69) is 5.32 Å². The summed E-state index contributed by atoms with van der Waals surface area (Å²) in [6.07, 6.45) is 3.91. The fraction of sp³-hybridized carbons (Fsp3) is 0.900. The second-order valence-corrected chi connectivity index (χ2v) is 6.52. The molecule has 0 radical (unpaired) electrons. The lowest BCUT2D eigenvalue weighted by Gasteiger charge is -2.31. The molecule has 8 heteroatoms. The van der Waals surface area contributed by atoms with E-state index >= 15 is 0 Å². The standard InChI is InChI=1S/C10H19N2O4P.ClH/c13-10(8-4-1-2-6-11-8)12-7-3-5-9(12)17(14,15)16;/h8-9,11H,1-7H2,(H2,14,15,16);1H/t8-,9+;/m0./s1. The van der Waals surface area contributed by atoms with Crippen LogP contribution in [0.15, 0.2) is 0 Å². The minimum absolute atomic E-state index is 0. The molecule has 1 amide bonds. The first-order chi connectivity index (χ1) is 8.00. The number of amides is 1. The number of nitrogens with zero attached hydrogens (tertiary/aromatic N) is 1. The van der Waals surface area contributed by atoms with Crippen molar-refractivity contribution < 1.29 is 19.1 Å². The molecule has 2 heterocycles. The Morgan fingerprint density at radius 3 is 2.50 bits per heavy atom. The van der Waals surface area contributed by atoms with Crippen LogP contribution < -0.4 is 5.32 Å². The van der Waals surface area contributed by atoms with Crippen molar-refractivity contribution in [1.82, 2.24) is 10.2 Å². The van der Waals surface area contributed by atoms with Gasteiger partial charge in [-0.25, -0.2) is 0 Å². The van der Waals surface area contributed by atoms with Crippen LogP contribution in [-0.2, 0) is 9.36 Å². The highest BCUT2D eigenvalue weighted by Gasteiger charge is 2.42. The Kier molecular flexibility index (Phi) is 5.62. The number of halogens is 1. The lowest BCUT2D eigenvalue weighted by molar-refractivity contribution is -0.133. The average molecular weight is 299 g/mol. The molecule has 2 aliphatic rings. The Labute approximate surface area is 113 Å². The lowest BCUT2D eigenvalue weighted by atomic mass is 10.0. The molecule has 2 aliphatic heterocycles. The van der Waals surface area contributed by atoms with Crippen LogP contribution in [0, 0.1) is 0 Å². The van der Waals surface area contributed by atoms with E-state index in [9.17, 15) is 19.1 Å². The molecular formula is C10H20ClN2O4P. The summed E-state index contributed by atoms with van der Waals surface area (Å²) in [5.74, 6) is -1.05. The summed E-state index contributed by atoms with van der Waals surface area (Å²) in [6, 6.07) is -0.254. The molecule has 0 aliphatic carbocycles. The average Bonchev–Trinajstić information content (AvgIpc) is 2.78. The van der Waals surface area contributed by atoms with Gasteiger partial charge in [-0.1, -0.05) is 6.42 Å². The van der Waals surface area contributed by atoms with Gasteiger partial charge >= 0.3 is 7.60 Å². The van der Waals surface area contributed by atoms with Gasteiger partial charge in [0.15, 0.2) is 0 Å². The highest BCUT2D eigenvalue weighted by Crippen LogP contribution is 2.48. The van der Waals surface area contributed by atoms with Crippen molar-refractivity contribution in [1.29, 1.82) is 0 Å². The number of likely N-dealkylation sites (tertiary alicyclic amines) is 1. The highest BCUT2D eigenvalue weighted by atomic mass is 35.5. The molecule has 0 aromatic carbocycles. The molecule has 0 spiro atoms. The molecule has 0 aromatic heterocycles. The van der Waals surface area contributed by atoms with Gasteiger partial charge in [0.1, 0.15) is 5.78 Å². The van der Waals surface area contributed by atoms with E-state index < -0.39 is 13.4 Å². The summed E-state index contributed by atoms with van der Waals surface area (Å²) < 4.78 is 11.3. The van der Waals surface area contributed by atoms with Gasteiger partial charge in [-0.3, -0.25) is 9.36 Å². The summed E-state index contributed by atoms with van der Waals surface area (Å²) in [4.78, 5) is 32.0. The van der Waals surface area contributed by atoms with E-state index in [1.807, 2.05) is 0 Å². The van der Waals surface area contributed by atoms with E-state index in [4.69, 9.17) is 0 Å². The second-order valence-electron chi connectivity index (χ2n) is 4.75. The molecule has 2 atom stereocenters. The van der Waals surface area contributed by atoms with Crippen molar-refractivity contribution in [2.45, 2.75) is 43.9 Å². The van der Waals surface area contributed by atoms with Gasteiger partial charge in [0.2, 0.25) is 5.91 Å². The zero-order valence-corrected chi connectivity index (χ0v) is 11.8. The molecule has 0 saturated carbocycles. The highest BCUT2D eigenvalue weighted by molar-refractivity contribution is 7.52. The largest absolute Gasteiger partial charge is 0.347 e. The summed E-state index contributed by atoms with van der Waals surface area (Å²) in [6.45, 7) is 1.28. The van der Waals surface area contributed by atoms with Crippen molar-refractivity contribution in [2.75, 3.05) is 13.1 Å². The smallest absolute Gasteiger partial charge is 0.327 e. The molecular weight excluding hydrogens is 279 g/mol. The molecule has 3 N–H and O–H groups in total. The fourth-order valence-electron chi connectivity index (χ4n) is 2.62. The topological polar surface area (TPSA) is 89.9 Å². The van der Waals surface area contributed by atoms with Gasteiger partial charge < -0.3 is 20.0 Å². The maximum atomic E-state index is 12.2.